The summed E-state index contributed by atoms with van der Waals surface area (Å²) in [4.78, 5) is 2.74. The molecule has 3 heteroatoms. The minimum atomic E-state index is 0.359. The lowest BCUT2D eigenvalue weighted by Gasteiger charge is -2.43. The summed E-state index contributed by atoms with van der Waals surface area (Å²) in [6, 6.07) is 9.97. The number of ether oxygens (including phenoxy) is 1. The van der Waals surface area contributed by atoms with Crippen LogP contribution in [0.25, 0.3) is 0 Å². The fourth-order valence-electron chi connectivity index (χ4n) is 3.53. The fourth-order valence-corrected chi connectivity index (χ4v) is 3.79. The second-order valence-corrected chi connectivity index (χ2v) is 7.47. The zero-order chi connectivity index (χ0) is 15.9. The molecule has 1 saturated heterocycles. The van der Waals surface area contributed by atoms with Crippen molar-refractivity contribution in [2.45, 2.75) is 71.1 Å². The summed E-state index contributed by atoms with van der Waals surface area (Å²) in [5, 5.41) is 0. The molecule has 2 rings (SSSR count). The number of hydrogen-bond acceptors (Lipinski definition) is 2. The maximum atomic E-state index is 5.97. The Hall–Kier alpha value is -0.380. The summed E-state index contributed by atoms with van der Waals surface area (Å²) in [6.07, 6.45) is 6.58. The highest BCUT2D eigenvalue weighted by molar-refractivity contribution is 9.10. The van der Waals surface area contributed by atoms with Crippen LogP contribution in [0.4, 0.5) is 0 Å². The van der Waals surface area contributed by atoms with Gasteiger partial charge in [0.25, 0.3) is 0 Å². The van der Waals surface area contributed by atoms with E-state index in [0.717, 1.165) is 24.0 Å². The van der Waals surface area contributed by atoms with Crippen molar-refractivity contribution in [1.29, 1.82) is 0 Å². The molecule has 0 aromatic heterocycles. The predicted molar refractivity (Wildman–Crippen MR) is 97.4 cm³/mol. The van der Waals surface area contributed by atoms with Gasteiger partial charge in [-0.1, -0.05) is 54.8 Å². The smallest absolute Gasteiger partial charge is 0.0674 e. The van der Waals surface area contributed by atoms with E-state index >= 15 is 0 Å². The van der Waals surface area contributed by atoms with Crippen molar-refractivity contribution in [1.82, 2.24) is 4.90 Å². The molecule has 2 nitrogen and oxygen atoms in total. The summed E-state index contributed by atoms with van der Waals surface area (Å²) < 4.78 is 7.12. The van der Waals surface area contributed by atoms with Crippen LogP contribution in [0.3, 0.4) is 0 Å². The fraction of sp³-hybridized carbons (Fsp3) is 0.684. The van der Waals surface area contributed by atoms with Crippen molar-refractivity contribution in [2.24, 2.45) is 0 Å². The molecule has 1 aliphatic heterocycles. The van der Waals surface area contributed by atoms with Crippen LogP contribution in [0, 0.1) is 0 Å². The Bertz CT molecular complexity index is 428. The van der Waals surface area contributed by atoms with Crippen molar-refractivity contribution in [2.75, 3.05) is 13.2 Å². The quantitative estimate of drug-likeness (QED) is 0.668. The molecule has 2 atom stereocenters. The molecule has 124 valence electrons. The van der Waals surface area contributed by atoms with Crippen molar-refractivity contribution in [3.63, 3.8) is 0 Å². The molecule has 1 heterocycles. The highest BCUT2D eigenvalue weighted by Gasteiger charge is 2.31. The Labute approximate surface area is 144 Å². The number of halogens is 1. The number of nitrogens with zero attached hydrogens (tertiary/aromatic N) is 1. The summed E-state index contributed by atoms with van der Waals surface area (Å²) in [6.45, 7) is 8.75. The number of morpholine rings is 1. The standard InChI is InChI=1S/C19H30BrNO/c1-4-6-18(7-5-2)21-13-15(3)22-14-19(21)12-16-8-10-17(20)11-9-16/h8-11,15,18-19H,4-7,12-14H2,1-3H3. The molecule has 1 aliphatic rings. The Morgan fingerprint density at radius 3 is 2.41 bits per heavy atom. The molecule has 0 radical (unpaired) electrons. The van der Waals surface area contributed by atoms with E-state index in [2.05, 4.69) is 65.9 Å². The second kappa shape index (κ2) is 9.05. The summed E-state index contributed by atoms with van der Waals surface area (Å²) in [5.74, 6) is 0. The van der Waals surface area contributed by atoms with E-state index < -0.39 is 0 Å². The van der Waals surface area contributed by atoms with Gasteiger partial charge >= 0.3 is 0 Å². The third kappa shape index (κ3) is 5.07. The molecule has 0 spiro atoms. The molecule has 0 bridgehead atoms. The minimum absolute atomic E-state index is 0.359. The van der Waals surface area contributed by atoms with Crippen molar-refractivity contribution >= 4 is 15.9 Å². The monoisotopic (exact) mass is 367 g/mol. The molecule has 2 unspecified atom stereocenters. The highest BCUT2D eigenvalue weighted by atomic mass is 79.9. The van der Waals surface area contributed by atoms with Gasteiger partial charge in [0.1, 0.15) is 0 Å². The Morgan fingerprint density at radius 1 is 1.18 bits per heavy atom. The van der Waals surface area contributed by atoms with Gasteiger partial charge in [-0.2, -0.15) is 0 Å². The molecule has 1 fully saturated rings. The Kier molecular flexibility index (Phi) is 7.39. The molecule has 0 saturated carbocycles. The first-order chi connectivity index (χ1) is 10.6. The number of rotatable bonds is 7. The topological polar surface area (TPSA) is 12.5 Å². The first kappa shape index (κ1) is 18.0. The number of benzene rings is 1. The van der Waals surface area contributed by atoms with Gasteiger partial charge in [0.2, 0.25) is 0 Å². The average molecular weight is 368 g/mol. The maximum absolute atomic E-state index is 5.97. The van der Waals surface area contributed by atoms with Crippen LogP contribution in [-0.2, 0) is 11.2 Å². The first-order valence-corrected chi connectivity index (χ1v) is 9.55. The molecule has 0 N–H and O–H groups in total. The van der Waals surface area contributed by atoms with Crippen LogP contribution in [0.1, 0.15) is 52.0 Å². The second-order valence-electron chi connectivity index (χ2n) is 6.56. The Balaban J connectivity index is 2.09. The van der Waals surface area contributed by atoms with E-state index in [1.54, 1.807) is 0 Å². The van der Waals surface area contributed by atoms with Gasteiger partial charge < -0.3 is 4.74 Å². The summed E-state index contributed by atoms with van der Waals surface area (Å²) >= 11 is 3.52. The van der Waals surface area contributed by atoms with Crippen LogP contribution >= 0.6 is 15.9 Å². The molecule has 0 amide bonds. The molecule has 1 aromatic rings. The van der Waals surface area contributed by atoms with Crippen LogP contribution < -0.4 is 0 Å². The lowest BCUT2D eigenvalue weighted by atomic mass is 9.97. The van der Waals surface area contributed by atoms with E-state index in [4.69, 9.17) is 4.74 Å². The van der Waals surface area contributed by atoms with Crippen LogP contribution in [0.2, 0.25) is 0 Å². The van der Waals surface area contributed by atoms with Crippen LogP contribution in [0.5, 0.6) is 0 Å². The van der Waals surface area contributed by atoms with Gasteiger partial charge in [0.05, 0.1) is 12.7 Å². The normalized spacial score (nSPS) is 23.1. The zero-order valence-corrected chi connectivity index (χ0v) is 15.8. The van der Waals surface area contributed by atoms with Crippen molar-refractivity contribution in [3.05, 3.63) is 34.3 Å². The molecule has 22 heavy (non-hydrogen) atoms. The van der Waals surface area contributed by atoms with Gasteiger partial charge in [-0.3, -0.25) is 4.90 Å². The highest BCUT2D eigenvalue weighted by Crippen LogP contribution is 2.24. The average Bonchev–Trinajstić information content (AvgIpc) is 2.51. The third-order valence-electron chi connectivity index (χ3n) is 4.61. The van der Waals surface area contributed by atoms with Gasteiger partial charge in [0.15, 0.2) is 0 Å². The van der Waals surface area contributed by atoms with Gasteiger partial charge in [-0.05, 0) is 43.9 Å². The van der Waals surface area contributed by atoms with Crippen molar-refractivity contribution < 1.29 is 4.74 Å². The SMILES string of the molecule is CCCC(CCC)N1CC(C)OCC1Cc1ccc(Br)cc1. The minimum Gasteiger partial charge on any atom is -0.376 e. The van der Waals surface area contributed by atoms with E-state index in [1.807, 2.05) is 0 Å². The number of hydrogen-bond donors (Lipinski definition) is 0. The molecule has 1 aromatic carbocycles. The lowest BCUT2D eigenvalue weighted by molar-refractivity contribution is -0.0738. The van der Waals surface area contributed by atoms with Crippen molar-refractivity contribution in [3.8, 4) is 0 Å². The summed E-state index contributed by atoms with van der Waals surface area (Å²) in [5.41, 5.74) is 1.41. The van der Waals surface area contributed by atoms with E-state index in [-0.39, 0.29) is 0 Å². The van der Waals surface area contributed by atoms with Crippen LogP contribution in [0.15, 0.2) is 28.7 Å². The van der Waals surface area contributed by atoms with Gasteiger partial charge in [-0.25, -0.2) is 0 Å². The largest absolute Gasteiger partial charge is 0.376 e. The molecular weight excluding hydrogens is 338 g/mol. The molecule has 0 aliphatic carbocycles. The summed E-state index contributed by atoms with van der Waals surface area (Å²) in [7, 11) is 0. The predicted octanol–water partition coefficient (Wildman–Crippen LogP) is 5.05. The third-order valence-corrected chi connectivity index (χ3v) is 5.14. The van der Waals surface area contributed by atoms with E-state index in [9.17, 15) is 0 Å². The van der Waals surface area contributed by atoms with Gasteiger partial charge in [-0.15, -0.1) is 0 Å². The van der Waals surface area contributed by atoms with Crippen LogP contribution in [-0.4, -0.2) is 36.2 Å². The van der Waals surface area contributed by atoms with Gasteiger partial charge in [0, 0.05) is 23.1 Å². The Morgan fingerprint density at radius 2 is 1.82 bits per heavy atom. The lowest BCUT2D eigenvalue weighted by Crippen LogP contribution is -2.54. The molecular formula is C19H30BrNO. The first-order valence-electron chi connectivity index (χ1n) is 8.75. The zero-order valence-electron chi connectivity index (χ0n) is 14.2. The van der Waals surface area contributed by atoms with E-state index in [0.29, 0.717) is 18.2 Å². The van der Waals surface area contributed by atoms with E-state index in [1.165, 1.54) is 31.2 Å². The maximum Gasteiger partial charge on any atom is 0.0674 e.